The lowest BCUT2D eigenvalue weighted by Crippen LogP contribution is -2.16. The van der Waals surface area contributed by atoms with Crippen LogP contribution >= 0.6 is 0 Å². The first-order valence-electron chi connectivity index (χ1n) is 8.79. The van der Waals surface area contributed by atoms with Crippen molar-refractivity contribution in [1.82, 2.24) is 9.97 Å². The lowest BCUT2D eigenvalue weighted by molar-refractivity contribution is 0.103. The second-order valence-electron chi connectivity index (χ2n) is 6.47. The van der Waals surface area contributed by atoms with Crippen LogP contribution in [0.2, 0.25) is 0 Å². The van der Waals surface area contributed by atoms with E-state index in [4.69, 9.17) is 5.26 Å². The van der Waals surface area contributed by atoms with Crippen LogP contribution in [0.3, 0.4) is 0 Å². The van der Waals surface area contributed by atoms with Gasteiger partial charge < -0.3 is 4.98 Å². The highest BCUT2D eigenvalue weighted by Crippen LogP contribution is 2.27. The third-order valence-electron chi connectivity index (χ3n) is 4.52. The maximum atomic E-state index is 15.1. The highest BCUT2D eigenvalue weighted by Gasteiger charge is 2.24. The van der Waals surface area contributed by atoms with Gasteiger partial charge in [0.15, 0.2) is 11.6 Å². The van der Waals surface area contributed by atoms with Crippen LogP contribution in [0.4, 0.5) is 14.5 Å². The number of carbonyl (C=O) groups excluding carboxylic acids is 1. The van der Waals surface area contributed by atoms with Gasteiger partial charge >= 0.3 is 0 Å². The van der Waals surface area contributed by atoms with E-state index in [1.165, 1.54) is 42.7 Å². The molecule has 4 aromatic rings. The van der Waals surface area contributed by atoms with E-state index >= 15 is 4.39 Å². The van der Waals surface area contributed by atoms with E-state index in [1.54, 1.807) is 0 Å². The van der Waals surface area contributed by atoms with Crippen molar-refractivity contribution in [2.45, 2.75) is 4.90 Å². The molecule has 7 nitrogen and oxygen atoms in total. The van der Waals surface area contributed by atoms with Gasteiger partial charge in [0, 0.05) is 23.3 Å². The molecule has 154 valence electrons. The van der Waals surface area contributed by atoms with Gasteiger partial charge in [-0.15, -0.1) is 0 Å². The minimum Gasteiger partial charge on any atom is -0.345 e. The first-order valence-corrected chi connectivity index (χ1v) is 10.3. The second kappa shape index (κ2) is 7.62. The molecule has 4 rings (SSSR count). The zero-order chi connectivity index (χ0) is 22.2. The van der Waals surface area contributed by atoms with Crippen LogP contribution in [0.25, 0.3) is 11.0 Å². The quantitative estimate of drug-likeness (QED) is 0.461. The number of halogens is 2. The standard InChI is InChI=1S/C21H12F2N4O3S/c22-16-5-1-2-7-18(16)31(29,30)27-17-6-3-4-13(19(17)23)20(28)15-11-26-21-14(15)8-12(9-24)10-25-21/h1-8,10-11,27H,(H,25,26). The number of sulfonamides is 1. The Labute approximate surface area is 175 Å². The van der Waals surface area contributed by atoms with Gasteiger partial charge in [0.05, 0.1) is 16.8 Å². The Morgan fingerprint density at radius 1 is 1.10 bits per heavy atom. The van der Waals surface area contributed by atoms with E-state index in [1.807, 2.05) is 10.8 Å². The summed E-state index contributed by atoms with van der Waals surface area (Å²) >= 11 is 0. The Hall–Kier alpha value is -4.10. The Morgan fingerprint density at radius 3 is 2.61 bits per heavy atom. The van der Waals surface area contributed by atoms with Crippen molar-refractivity contribution in [3.63, 3.8) is 0 Å². The van der Waals surface area contributed by atoms with E-state index in [9.17, 15) is 17.6 Å². The van der Waals surface area contributed by atoms with Gasteiger partial charge in [-0.3, -0.25) is 9.52 Å². The van der Waals surface area contributed by atoms with Crippen LogP contribution in [0.1, 0.15) is 21.5 Å². The van der Waals surface area contributed by atoms with Crippen LogP contribution in [0.5, 0.6) is 0 Å². The smallest absolute Gasteiger partial charge is 0.264 e. The molecule has 0 spiro atoms. The Kier molecular flexibility index (Phi) is 4.96. The third kappa shape index (κ3) is 3.62. The van der Waals surface area contributed by atoms with Gasteiger partial charge in [-0.05, 0) is 30.3 Å². The normalized spacial score (nSPS) is 11.3. The minimum atomic E-state index is -4.43. The lowest BCUT2D eigenvalue weighted by atomic mass is 10.0. The summed E-state index contributed by atoms with van der Waals surface area (Å²) in [7, 11) is -4.43. The number of pyridine rings is 1. The highest BCUT2D eigenvalue weighted by molar-refractivity contribution is 7.92. The number of benzene rings is 2. The highest BCUT2D eigenvalue weighted by atomic mass is 32.2. The summed E-state index contributed by atoms with van der Waals surface area (Å²) in [5.74, 6) is -2.86. The van der Waals surface area contributed by atoms with Crippen LogP contribution in [-0.4, -0.2) is 24.2 Å². The van der Waals surface area contributed by atoms with Crippen LogP contribution in [0.15, 0.2) is 65.8 Å². The molecule has 0 atom stereocenters. The number of aromatic amines is 1. The fourth-order valence-electron chi connectivity index (χ4n) is 3.05. The molecule has 2 N–H and O–H groups in total. The van der Waals surface area contributed by atoms with Crippen molar-refractivity contribution in [2.24, 2.45) is 0 Å². The number of nitrogens with zero attached hydrogens (tertiary/aromatic N) is 2. The zero-order valence-corrected chi connectivity index (χ0v) is 16.4. The number of nitriles is 1. The fourth-order valence-corrected chi connectivity index (χ4v) is 4.19. The van der Waals surface area contributed by atoms with E-state index in [0.717, 1.165) is 18.2 Å². The topological polar surface area (TPSA) is 116 Å². The number of fused-ring (bicyclic) bond motifs is 1. The van der Waals surface area contributed by atoms with E-state index in [2.05, 4.69) is 9.97 Å². The summed E-state index contributed by atoms with van der Waals surface area (Å²) in [5, 5.41) is 9.37. The van der Waals surface area contributed by atoms with E-state index < -0.39 is 43.6 Å². The largest absolute Gasteiger partial charge is 0.345 e. The molecule has 2 aromatic carbocycles. The summed E-state index contributed by atoms with van der Waals surface area (Å²) in [6.45, 7) is 0. The third-order valence-corrected chi connectivity index (χ3v) is 5.92. The van der Waals surface area contributed by atoms with Crippen molar-refractivity contribution in [2.75, 3.05) is 4.72 Å². The molecule has 0 saturated heterocycles. The van der Waals surface area contributed by atoms with Crippen LogP contribution < -0.4 is 4.72 Å². The minimum absolute atomic E-state index is 0.0626. The Morgan fingerprint density at radius 2 is 1.87 bits per heavy atom. The molecule has 0 fully saturated rings. The molecule has 2 aromatic heterocycles. The lowest BCUT2D eigenvalue weighted by Gasteiger charge is -2.11. The summed E-state index contributed by atoms with van der Waals surface area (Å²) in [6.07, 6.45) is 2.66. The van der Waals surface area contributed by atoms with E-state index in [0.29, 0.717) is 11.0 Å². The number of nitrogens with one attached hydrogen (secondary N) is 2. The number of H-pyrrole nitrogens is 1. The number of hydrogen-bond acceptors (Lipinski definition) is 5. The predicted octanol–water partition coefficient (Wildman–Crippen LogP) is 3.74. The molecular weight excluding hydrogens is 426 g/mol. The first-order chi connectivity index (χ1) is 14.8. The molecule has 0 saturated carbocycles. The molecule has 0 radical (unpaired) electrons. The number of anilines is 1. The van der Waals surface area contributed by atoms with Crippen molar-refractivity contribution in [3.8, 4) is 6.07 Å². The summed E-state index contributed by atoms with van der Waals surface area (Å²) in [5.41, 5.74) is -0.304. The molecule has 0 unspecified atom stereocenters. The van der Waals surface area contributed by atoms with Gasteiger partial charge in [-0.2, -0.15) is 5.26 Å². The predicted molar refractivity (Wildman–Crippen MR) is 108 cm³/mol. The van der Waals surface area contributed by atoms with Crippen molar-refractivity contribution in [3.05, 3.63) is 89.2 Å². The van der Waals surface area contributed by atoms with Gasteiger partial charge in [-0.25, -0.2) is 22.2 Å². The summed E-state index contributed by atoms with van der Waals surface area (Å²) in [4.78, 5) is 19.1. The molecule has 0 aliphatic carbocycles. The van der Waals surface area contributed by atoms with Crippen molar-refractivity contribution >= 4 is 32.5 Å². The van der Waals surface area contributed by atoms with Gasteiger partial charge in [0.2, 0.25) is 0 Å². The number of rotatable bonds is 5. The Bertz CT molecular complexity index is 1490. The number of ketones is 1. The number of aromatic nitrogens is 2. The maximum Gasteiger partial charge on any atom is 0.264 e. The van der Waals surface area contributed by atoms with Crippen LogP contribution in [-0.2, 0) is 10.0 Å². The molecule has 31 heavy (non-hydrogen) atoms. The average Bonchev–Trinajstić information content (AvgIpc) is 3.18. The number of carbonyl (C=O) groups is 1. The Balaban J connectivity index is 1.74. The summed E-state index contributed by atoms with van der Waals surface area (Å²) < 4.78 is 55.9. The molecule has 0 amide bonds. The maximum absolute atomic E-state index is 15.1. The molecule has 10 heteroatoms. The molecule has 2 heterocycles. The van der Waals surface area contributed by atoms with Gasteiger partial charge in [0.1, 0.15) is 22.4 Å². The van der Waals surface area contributed by atoms with Crippen molar-refractivity contribution in [1.29, 1.82) is 5.26 Å². The fraction of sp³-hybridized carbons (Fsp3) is 0. The monoisotopic (exact) mass is 438 g/mol. The second-order valence-corrected chi connectivity index (χ2v) is 8.12. The first kappa shape index (κ1) is 20.2. The van der Waals surface area contributed by atoms with Gasteiger partial charge in [0.25, 0.3) is 10.0 Å². The van der Waals surface area contributed by atoms with E-state index in [-0.39, 0.29) is 11.1 Å². The summed E-state index contributed by atoms with van der Waals surface area (Å²) in [6, 6.07) is 11.6. The van der Waals surface area contributed by atoms with Crippen LogP contribution in [0, 0.1) is 23.0 Å². The average molecular weight is 438 g/mol. The van der Waals surface area contributed by atoms with Gasteiger partial charge in [-0.1, -0.05) is 18.2 Å². The number of hydrogen-bond donors (Lipinski definition) is 2. The molecule has 0 aliphatic rings. The zero-order valence-electron chi connectivity index (χ0n) is 15.6. The molecule has 0 aliphatic heterocycles. The SMILES string of the molecule is N#Cc1cnc2[nH]cc(C(=O)c3cccc(NS(=O)(=O)c4ccccc4F)c3F)c2c1. The molecular formula is C21H12F2N4O3S. The molecule has 0 bridgehead atoms. The van der Waals surface area contributed by atoms with Crippen molar-refractivity contribution < 1.29 is 22.0 Å².